The molecular formula is C25H32N4O4. The molecule has 4 rings (SSSR count). The fourth-order valence-corrected chi connectivity index (χ4v) is 5.21. The van der Waals surface area contributed by atoms with Crippen LogP contribution in [-0.2, 0) is 19.8 Å². The van der Waals surface area contributed by atoms with Crippen LogP contribution in [0.25, 0.3) is 0 Å². The van der Waals surface area contributed by atoms with Crippen molar-refractivity contribution in [2.45, 2.75) is 69.6 Å². The van der Waals surface area contributed by atoms with E-state index in [0.717, 1.165) is 18.4 Å². The van der Waals surface area contributed by atoms with Crippen LogP contribution in [0.15, 0.2) is 24.3 Å². The molecule has 0 radical (unpaired) electrons. The van der Waals surface area contributed by atoms with Gasteiger partial charge >= 0.3 is 0 Å². The van der Waals surface area contributed by atoms with Gasteiger partial charge in [0.2, 0.25) is 11.8 Å². The number of carbonyl (C=O) groups excluding carboxylic acids is 3. The molecule has 2 aliphatic heterocycles. The highest BCUT2D eigenvalue weighted by atomic mass is 16.3. The van der Waals surface area contributed by atoms with Gasteiger partial charge in [0, 0.05) is 25.7 Å². The van der Waals surface area contributed by atoms with Gasteiger partial charge in [-0.1, -0.05) is 44.9 Å². The Kier molecular flexibility index (Phi) is 6.19. The van der Waals surface area contributed by atoms with E-state index in [-0.39, 0.29) is 30.7 Å². The number of likely N-dealkylation sites (tertiary alicyclic amines) is 1. The van der Waals surface area contributed by atoms with Gasteiger partial charge in [-0.2, -0.15) is 5.26 Å². The first kappa shape index (κ1) is 23.2. The second kappa shape index (κ2) is 8.79. The summed E-state index contributed by atoms with van der Waals surface area (Å²) in [6, 6.07) is 8.07. The summed E-state index contributed by atoms with van der Waals surface area (Å²) in [5.41, 5.74) is 0.560. The van der Waals surface area contributed by atoms with Crippen molar-refractivity contribution >= 4 is 23.4 Å². The Morgan fingerprint density at radius 2 is 2.03 bits per heavy atom. The van der Waals surface area contributed by atoms with Crippen molar-refractivity contribution in [3.63, 3.8) is 0 Å². The molecule has 3 amide bonds. The van der Waals surface area contributed by atoms with Crippen molar-refractivity contribution in [1.82, 2.24) is 9.80 Å². The number of anilines is 1. The summed E-state index contributed by atoms with van der Waals surface area (Å²) in [5.74, 6) is -0.514. The van der Waals surface area contributed by atoms with Crippen LogP contribution in [0.1, 0.15) is 51.5 Å². The molecular weight excluding hydrogens is 420 g/mol. The lowest BCUT2D eigenvalue weighted by Crippen LogP contribution is -2.53. The van der Waals surface area contributed by atoms with E-state index in [9.17, 15) is 24.8 Å². The largest absolute Gasteiger partial charge is 0.383 e. The summed E-state index contributed by atoms with van der Waals surface area (Å²) < 4.78 is 0. The number of hydrogen-bond donors (Lipinski definition) is 2. The Bertz CT molecular complexity index is 998. The van der Waals surface area contributed by atoms with E-state index in [1.165, 1.54) is 9.80 Å². The Labute approximate surface area is 194 Å². The number of benzene rings is 1. The van der Waals surface area contributed by atoms with E-state index >= 15 is 0 Å². The molecule has 2 fully saturated rings. The maximum absolute atomic E-state index is 13.8. The number of para-hydroxylation sites is 1. The van der Waals surface area contributed by atoms with Crippen LogP contribution in [0, 0.1) is 23.2 Å². The summed E-state index contributed by atoms with van der Waals surface area (Å²) >= 11 is 0. The van der Waals surface area contributed by atoms with Crippen LogP contribution < -0.4 is 5.32 Å². The van der Waals surface area contributed by atoms with Gasteiger partial charge in [0.25, 0.3) is 5.91 Å². The van der Waals surface area contributed by atoms with E-state index in [1.807, 2.05) is 38.1 Å². The number of likely N-dealkylation sites (N-methyl/N-ethyl adjacent to an activating group) is 1. The lowest BCUT2D eigenvalue weighted by Gasteiger charge is -2.33. The molecule has 8 nitrogen and oxygen atoms in total. The van der Waals surface area contributed by atoms with Gasteiger partial charge in [0.05, 0.1) is 11.5 Å². The monoisotopic (exact) mass is 452 g/mol. The van der Waals surface area contributed by atoms with Crippen molar-refractivity contribution in [3.8, 4) is 6.07 Å². The summed E-state index contributed by atoms with van der Waals surface area (Å²) in [6.45, 7) is 3.95. The molecule has 1 spiro atoms. The first-order valence-corrected chi connectivity index (χ1v) is 11.7. The second-order valence-electron chi connectivity index (χ2n) is 10.2. The number of hydrogen-bond acceptors (Lipinski definition) is 5. The molecule has 3 aliphatic rings. The minimum absolute atomic E-state index is 0.102. The molecule has 4 atom stereocenters. The van der Waals surface area contributed by atoms with Crippen LogP contribution >= 0.6 is 0 Å². The fourth-order valence-electron chi connectivity index (χ4n) is 5.21. The van der Waals surface area contributed by atoms with Gasteiger partial charge in [0.15, 0.2) is 0 Å². The highest BCUT2D eigenvalue weighted by Crippen LogP contribution is 2.46. The molecule has 1 aliphatic carbocycles. The summed E-state index contributed by atoms with van der Waals surface area (Å²) in [5, 5.41) is 23.2. The SMILES string of the molecule is CC(C)CC(O)C(=O)N(C)[C@@H](CC1CC1)C(=O)N1C[C@]2(C[C@H]1C#N)C(=O)Nc1ccccc12. The molecule has 2 heterocycles. The number of nitrogens with one attached hydrogen (secondary N) is 1. The molecule has 1 aromatic carbocycles. The molecule has 1 saturated carbocycles. The minimum atomic E-state index is -1.17. The zero-order chi connectivity index (χ0) is 23.9. The predicted molar refractivity (Wildman–Crippen MR) is 122 cm³/mol. The van der Waals surface area contributed by atoms with Gasteiger partial charge in [-0.25, -0.2) is 0 Å². The Morgan fingerprint density at radius 3 is 2.67 bits per heavy atom. The molecule has 1 unspecified atom stereocenters. The highest BCUT2D eigenvalue weighted by Gasteiger charge is 2.57. The first-order valence-electron chi connectivity index (χ1n) is 11.7. The fraction of sp³-hybridized carbons (Fsp3) is 0.600. The third-order valence-electron chi connectivity index (χ3n) is 7.25. The van der Waals surface area contributed by atoms with Crippen molar-refractivity contribution in [3.05, 3.63) is 29.8 Å². The molecule has 33 heavy (non-hydrogen) atoms. The number of amides is 3. The molecule has 1 aromatic rings. The van der Waals surface area contributed by atoms with Gasteiger partial charge in [-0.15, -0.1) is 0 Å². The lowest BCUT2D eigenvalue weighted by molar-refractivity contribution is -0.150. The van der Waals surface area contributed by atoms with Crippen LogP contribution in [0.5, 0.6) is 0 Å². The Balaban J connectivity index is 1.60. The molecule has 0 bridgehead atoms. The van der Waals surface area contributed by atoms with Crippen LogP contribution in [0.4, 0.5) is 5.69 Å². The predicted octanol–water partition coefficient (Wildman–Crippen LogP) is 2.04. The van der Waals surface area contributed by atoms with Crippen molar-refractivity contribution in [2.24, 2.45) is 11.8 Å². The minimum Gasteiger partial charge on any atom is -0.383 e. The zero-order valence-electron chi connectivity index (χ0n) is 19.5. The number of aliphatic hydroxyl groups excluding tert-OH is 1. The topological polar surface area (TPSA) is 114 Å². The summed E-state index contributed by atoms with van der Waals surface area (Å²) in [4.78, 5) is 42.6. The number of fused-ring (bicyclic) bond motifs is 2. The van der Waals surface area contributed by atoms with Gasteiger partial charge in [-0.05, 0) is 36.3 Å². The van der Waals surface area contributed by atoms with Gasteiger partial charge in [0.1, 0.15) is 18.2 Å². The van der Waals surface area contributed by atoms with E-state index in [1.54, 1.807) is 7.05 Å². The molecule has 2 N–H and O–H groups in total. The Hall–Kier alpha value is -2.92. The van der Waals surface area contributed by atoms with Crippen LogP contribution in [0.3, 0.4) is 0 Å². The van der Waals surface area contributed by atoms with E-state index < -0.39 is 29.5 Å². The van der Waals surface area contributed by atoms with Crippen molar-refractivity contribution < 1.29 is 19.5 Å². The lowest BCUT2D eigenvalue weighted by atomic mass is 9.80. The Morgan fingerprint density at radius 1 is 1.33 bits per heavy atom. The standard InChI is InChI=1S/C25H32N4O4/c1-15(2)10-21(30)23(32)28(3)20(11-16-8-9-16)22(31)29-14-25(12-17(29)13-26)18-6-4-5-7-19(18)27-24(25)33/h4-7,15-17,20-21,30H,8-12,14H2,1-3H3,(H,27,33)/t17-,20-,21?,25-/m0/s1. The maximum Gasteiger partial charge on any atom is 0.251 e. The third-order valence-corrected chi connectivity index (χ3v) is 7.25. The van der Waals surface area contributed by atoms with Crippen LogP contribution in [0.2, 0.25) is 0 Å². The zero-order valence-corrected chi connectivity index (χ0v) is 19.5. The van der Waals surface area contributed by atoms with E-state index in [0.29, 0.717) is 24.4 Å². The van der Waals surface area contributed by atoms with Gasteiger partial charge in [-0.3, -0.25) is 14.4 Å². The summed E-state index contributed by atoms with van der Waals surface area (Å²) in [6.07, 6.45) is 1.87. The van der Waals surface area contributed by atoms with Gasteiger partial charge < -0.3 is 20.2 Å². The van der Waals surface area contributed by atoms with E-state index in [4.69, 9.17) is 0 Å². The molecule has 0 aromatic heterocycles. The smallest absolute Gasteiger partial charge is 0.251 e. The van der Waals surface area contributed by atoms with Crippen molar-refractivity contribution in [2.75, 3.05) is 18.9 Å². The molecule has 8 heteroatoms. The average molecular weight is 453 g/mol. The van der Waals surface area contributed by atoms with E-state index in [2.05, 4.69) is 11.4 Å². The normalized spacial score (nSPS) is 25.5. The summed E-state index contributed by atoms with van der Waals surface area (Å²) in [7, 11) is 1.56. The second-order valence-corrected chi connectivity index (χ2v) is 10.2. The number of carbonyl (C=O) groups is 3. The van der Waals surface area contributed by atoms with Crippen molar-refractivity contribution in [1.29, 1.82) is 5.26 Å². The number of nitrogens with zero attached hydrogens (tertiary/aromatic N) is 3. The number of rotatable bonds is 7. The third kappa shape index (κ3) is 4.22. The highest BCUT2D eigenvalue weighted by molar-refractivity contribution is 6.07. The maximum atomic E-state index is 13.8. The molecule has 1 saturated heterocycles. The number of nitriles is 1. The quantitative estimate of drug-likeness (QED) is 0.657. The average Bonchev–Trinajstić information content (AvgIpc) is 3.46. The first-order chi connectivity index (χ1) is 15.7. The van der Waals surface area contributed by atoms with Crippen LogP contribution in [-0.4, -0.2) is 64.4 Å². The molecule has 176 valence electrons. The number of aliphatic hydroxyl groups is 1.